The summed E-state index contributed by atoms with van der Waals surface area (Å²) < 4.78 is 1.88. The molecular weight excluding hydrogens is 304 g/mol. The van der Waals surface area contributed by atoms with Gasteiger partial charge in [-0.25, -0.2) is 0 Å². The van der Waals surface area contributed by atoms with Gasteiger partial charge in [0.25, 0.3) is 0 Å². The highest BCUT2D eigenvalue weighted by atomic mass is 32.2. The van der Waals surface area contributed by atoms with Gasteiger partial charge < -0.3 is 5.32 Å². The van der Waals surface area contributed by atoms with E-state index in [9.17, 15) is 4.79 Å². The number of rotatable bonds is 5. The monoisotopic (exact) mass is 318 g/mol. The van der Waals surface area contributed by atoms with Crippen molar-refractivity contribution in [2.45, 2.75) is 18.1 Å². The maximum Gasteiger partial charge on any atom is 0.230 e. The third-order valence-electron chi connectivity index (χ3n) is 2.96. The van der Waals surface area contributed by atoms with Crippen molar-refractivity contribution in [2.75, 3.05) is 5.75 Å². The molecule has 0 unspecified atom stereocenters. The van der Waals surface area contributed by atoms with Crippen LogP contribution in [-0.4, -0.2) is 26.3 Å². The molecule has 1 N–H and O–H groups in total. The molecule has 0 aliphatic rings. The molecule has 0 aliphatic carbocycles. The number of carbonyl (C=O) groups is 1. The number of fused-ring (bicyclic) bond motifs is 1. The van der Waals surface area contributed by atoms with E-state index >= 15 is 0 Å². The van der Waals surface area contributed by atoms with Crippen LogP contribution in [0, 0.1) is 0 Å². The van der Waals surface area contributed by atoms with Crippen LogP contribution in [0.2, 0.25) is 0 Å². The Morgan fingerprint density at radius 1 is 1.38 bits per heavy atom. The van der Waals surface area contributed by atoms with Crippen molar-refractivity contribution in [3.8, 4) is 0 Å². The van der Waals surface area contributed by atoms with E-state index in [1.54, 1.807) is 11.3 Å². The van der Waals surface area contributed by atoms with Gasteiger partial charge in [0.15, 0.2) is 10.8 Å². The molecule has 3 rings (SSSR count). The summed E-state index contributed by atoms with van der Waals surface area (Å²) in [6, 6.07) is 9.76. The van der Waals surface area contributed by atoms with Crippen LogP contribution in [0.15, 0.2) is 47.1 Å². The molecule has 108 valence electrons. The number of hydrogen-bond acceptors (Lipinski definition) is 5. The third-order valence-corrected chi connectivity index (χ3v) is 4.96. The summed E-state index contributed by atoms with van der Waals surface area (Å²) in [6.07, 6.45) is 1.89. The molecule has 0 saturated carbocycles. The lowest BCUT2D eigenvalue weighted by Crippen LogP contribution is -2.27. The number of aromatic nitrogens is 3. The molecule has 0 saturated heterocycles. The van der Waals surface area contributed by atoms with Gasteiger partial charge in [0.1, 0.15) is 0 Å². The summed E-state index contributed by atoms with van der Waals surface area (Å²) in [5.74, 6) is 0.319. The predicted molar refractivity (Wildman–Crippen MR) is 84.6 cm³/mol. The first-order chi connectivity index (χ1) is 10.2. The Hall–Kier alpha value is -1.86. The zero-order chi connectivity index (χ0) is 14.7. The standard InChI is InChI=1S/C14H14N4OS2/c1-10(11-5-4-8-20-11)15-13(19)9-21-14-17-16-12-6-2-3-7-18(12)14/h2-8,10H,9H2,1H3,(H,15,19)/t10-/m1/s1. The molecule has 21 heavy (non-hydrogen) atoms. The maximum atomic E-state index is 12.0. The minimum absolute atomic E-state index is 0.00594. The molecule has 1 atom stereocenters. The van der Waals surface area contributed by atoms with E-state index in [4.69, 9.17) is 0 Å². The first-order valence-corrected chi connectivity index (χ1v) is 8.36. The average Bonchev–Trinajstić information content (AvgIpc) is 3.15. The quantitative estimate of drug-likeness (QED) is 0.735. The lowest BCUT2D eigenvalue weighted by atomic mass is 10.3. The van der Waals surface area contributed by atoms with Crippen molar-refractivity contribution >= 4 is 34.7 Å². The average molecular weight is 318 g/mol. The number of amides is 1. The molecule has 5 nitrogen and oxygen atoms in total. The van der Waals surface area contributed by atoms with Gasteiger partial charge in [0, 0.05) is 11.1 Å². The Morgan fingerprint density at radius 3 is 3.10 bits per heavy atom. The molecule has 1 amide bonds. The van der Waals surface area contributed by atoms with Gasteiger partial charge in [-0.3, -0.25) is 9.20 Å². The van der Waals surface area contributed by atoms with Crippen LogP contribution in [0.1, 0.15) is 17.8 Å². The van der Waals surface area contributed by atoms with E-state index in [0.717, 1.165) is 15.7 Å². The minimum atomic E-state index is -0.00594. The molecule has 0 bridgehead atoms. The zero-order valence-electron chi connectivity index (χ0n) is 11.4. The van der Waals surface area contributed by atoms with E-state index in [1.165, 1.54) is 11.8 Å². The number of thioether (sulfide) groups is 1. The van der Waals surface area contributed by atoms with Gasteiger partial charge >= 0.3 is 0 Å². The molecular formula is C14H14N4OS2. The van der Waals surface area contributed by atoms with Crippen molar-refractivity contribution in [3.63, 3.8) is 0 Å². The summed E-state index contributed by atoms with van der Waals surface area (Å²) in [5, 5.41) is 13.9. The molecule has 7 heteroatoms. The van der Waals surface area contributed by atoms with Crippen LogP contribution in [0.5, 0.6) is 0 Å². The molecule has 0 aliphatic heterocycles. The van der Waals surface area contributed by atoms with Gasteiger partial charge in [0.05, 0.1) is 11.8 Å². The highest BCUT2D eigenvalue weighted by molar-refractivity contribution is 7.99. The Kier molecular flexibility index (Phi) is 4.21. The summed E-state index contributed by atoms with van der Waals surface area (Å²) >= 11 is 3.03. The molecule has 3 aromatic heterocycles. The zero-order valence-corrected chi connectivity index (χ0v) is 13.0. The smallest absolute Gasteiger partial charge is 0.230 e. The normalized spacial score (nSPS) is 12.4. The van der Waals surface area contributed by atoms with Gasteiger partial charge in [-0.05, 0) is 30.5 Å². The maximum absolute atomic E-state index is 12.0. The van der Waals surface area contributed by atoms with Gasteiger partial charge in [0.2, 0.25) is 5.91 Å². The Labute approximate surface area is 130 Å². The lowest BCUT2D eigenvalue weighted by molar-refractivity contribution is -0.119. The largest absolute Gasteiger partial charge is 0.348 e. The molecule has 0 aromatic carbocycles. The first-order valence-electron chi connectivity index (χ1n) is 6.49. The Morgan fingerprint density at radius 2 is 2.29 bits per heavy atom. The summed E-state index contributed by atoms with van der Waals surface area (Å²) in [4.78, 5) is 13.1. The number of pyridine rings is 1. The minimum Gasteiger partial charge on any atom is -0.348 e. The molecule has 0 spiro atoms. The second-order valence-electron chi connectivity index (χ2n) is 4.50. The molecule has 0 fully saturated rings. The predicted octanol–water partition coefficient (Wildman–Crippen LogP) is 2.76. The van der Waals surface area contributed by atoms with Crippen LogP contribution >= 0.6 is 23.1 Å². The summed E-state index contributed by atoms with van der Waals surface area (Å²) in [6.45, 7) is 1.99. The Balaban J connectivity index is 1.58. The van der Waals surface area contributed by atoms with E-state index in [0.29, 0.717) is 5.75 Å². The van der Waals surface area contributed by atoms with Crippen molar-refractivity contribution in [1.29, 1.82) is 0 Å². The van der Waals surface area contributed by atoms with E-state index in [-0.39, 0.29) is 11.9 Å². The fourth-order valence-electron chi connectivity index (χ4n) is 1.94. The fourth-order valence-corrected chi connectivity index (χ4v) is 3.41. The second-order valence-corrected chi connectivity index (χ2v) is 6.43. The van der Waals surface area contributed by atoms with Crippen molar-refractivity contribution < 1.29 is 4.79 Å². The van der Waals surface area contributed by atoms with Crippen molar-refractivity contribution in [3.05, 3.63) is 46.8 Å². The number of nitrogens with one attached hydrogen (secondary N) is 1. The van der Waals surface area contributed by atoms with Crippen LogP contribution in [0.4, 0.5) is 0 Å². The number of carbonyl (C=O) groups excluding carboxylic acids is 1. The van der Waals surface area contributed by atoms with Gasteiger partial charge in [-0.2, -0.15) is 0 Å². The molecule has 0 radical (unpaired) electrons. The summed E-state index contributed by atoms with van der Waals surface area (Å²) in [7, 11) is 0. The molecule has 3 aromatic rings. The first kappa shape index (κ1) is 14.1. The van der Waals surface area contributed by atoms with Gasteiger partial charge in [-0.1, -0.05) is 23.9 Å². The molecule has 3 heterocycles. The van der Waals surface area contributed by atoms with Crippen LogP contribution in [0.25, 0.3) is 5.65 Å². The number of hydrogen-bond donors (Lipinski definition) is 1. The fraction of sp³-hybridized carbons (Fsp3) is 0.214. The van der Waals surface area contributed by atoms with Gasteiger partial charge in [-0.15, -0.1) is 21.5 Å². The lowest BCUT2D eigenvalue weighted by Gasteiger charge is -2.11. The number of thiophene rings is 1. The topological polar surface area (TPSA) is 59.3 Å². The van der Waals surface area contributed by atoms with Crippen molar-refractivity contribution in [2.24, 2.45) is 0 Å². The second kappa shape index (κ2) is 6.28. The number of nitrogens with zero attached hydrogens (tertiary/aromatic N) is 3. The SMILES string of the molecule is C[C@@H](NC(=O)CSc1nnc2ccccn12)c1cccs1. The third kappa shape index (κ3) is 3.25. The van der Waals surface area contributed by atoms with E-state index in [1.807, 2.05) is 53.2 Å². The van der Waals surface area contributed by atoms with E-state index in [2.05, 4.69) is 15.5 Å². The van der Waals surface area contributed by atoms with Crippen LogP contribution < -0.4 is 5.32 Å². The highest BCUT2D eigenvalue weighted by Gasteiger charge is 2.12. The van der Waals surface area contributed by atoms with Crippen molar-refractivity contribution in [1.82, 2.24) is 19.9 Å². The summed E-state index contributed by atoms with van der Waals surface area (Å²) in [5.41, 5.74) is 0.785. The van der Waals surface area contributed by atoms with E-state index < -0.39 is 0 Å². The highest BCUT2D eigenvalue weighted by Crippen LogP contribution is 2.19. The van der Waals surface area contributed by atoms with Crippen LogP contribution in [0.3, 0.4) is 0 Å². The Bertz CT molecular complexity index is 738. The van der Waals surface area contributed by atoms with Crippen LogP contribution in [-0.2, 0) is 4.79 Å².